The molecule has 1 atom stereocenters. The first-order valence-corrected chi connectivity index (χ1v) is 4.19. The van der Waals surface area contributed by atoms with Crippen LogP contribution in [0.2, 0.25) is 0 Å². The molecule has 72 valence electrons. The van der Waals surface area contributed by atoms with E-state index in [4.69, 9.17) is 0 Å². The average Bonchev–Trinajstić information content (AvgIpc) is 2.04. The molecule has 0 aliphatic carbocycles. The SMILES string of the molecule is CCNC(C)c1c(F)cncc1F. The first-order chi connectivity index (χ1) is 6.16. The van der Waals surface area contributed by atoms with E-state index in [0.717, 1.165) is 12.4 Å². The highest BCUT2D eigenvalue weighted by molar-refractivity contribution is 5.18. The molecular weight excluding hydrogens is 174 g/mol. The molecule has 0 amide bonds. The van der Waals surface area contributed by atoms with E-state index >= 15 is 0 Å². The number of rotatable bonds is 3. The van der Waals surface area contributed by atoms with E-state index in [2.05, 4.69) is 10.3 Å². The second kappa shape index (κ2) is 4.28. The number of aromatic nitrogens is 1. The van der Waals surface area contributed by atoms with E-state index < -0.39 is 11.6 Å². The fraction of sp³-hybridized carbons (Fsp3) is 0.444. The van der Waals surface area contributed by atoms with Crippen molar-refractivity contribution in [2.75, 3.05) is 6.54 Å². The van der Waals surface area contributed by atoms with Crippen LogP contribution in [-0.4, -0.2) is 11.5 Å². The maximum absolute atomic E-state index is 13.1. The van der Waals surface area contributed by atoms with Crippen LogP contribution in [0.5, 0.6) is 0 Å². The van der Waals surface area contributed by atoms with Gasteiger partial charge in [0.2, 0.25) is 0 Å². The molecule has 0 bridgehead atoms. The second-order valence-corrected chi connectivity index (χ2v) is 2.80. The molecule has 4 heteroatoms. The molecule has 0 aliphatic heterocycles. The van der Waals surface area contributed by atoms with Crippen LogP contribution in [0, 0.1) is 11.6 Å². The number of nitrogens with one attached hydrogen (secondary N) is 1. The van der Waals surface area contributed by atoms with E-state index in [-0.39, 0.29) is 11.6 Å². The largest absolute Gasteiger partial charge is 0.310 e. The quantitative estimate of drug-likeness (QED) is 0.781. The average molecular weight is 186 g/mol. The molecule has 0 spiro atoms. The summed E-state index contributed by atoms with van der Waals surface area (Å²) in [4.78, 5) is 3.41. The van der Waals surface area contributed by atoms with Crippen LogP contribution < -0.4 is 5.32 Å². The lowest BCUT2D eigenvalue weighted by atomic mass is 10.1. The Morgan fingerprint density at radius 3 is 2.38 bits per heavy atom. The van der Waals surface area contributed by atoms with Crippen LogP contribution in [0.4, 0.5) is 8.78 Å². The minimum Gasteiger partial charge on any atom is -0.310 e. The van der Waals surface area contributed by atoms with E-state index in [0.29, 0.717) is 6.54 Å². The summed E-state index contributed by atoms with van der Waals surface area (Å²) in [7, 11) is 0. The van der Waals surface area contributed by atoms with E-state index in [1.807, 2.05) is 6.92 Å². The lowest BCUT2D eigenvalue weighted by molar-refractivity contribution is 0.490. The highest BCUT2D eigenvalue weighted by Crippen LogP contribution is 2.18. The van der Waals surface area contributed by atoms with Gasteiger partial charge in [-0.3, -0.25) is 4.98 Å². The summed E-state index contributed by atoms with van der Waals surface area (Å²) in [6.07, 6.45) is 2.04. The fourth-order valence-corrected chi connectivity index (χ4v) is 1.24. The van der Waals surface area contributed by atoms with Crippen molar-refractivity contribution in [1.82, 2.24) is 10.3 Å². The Morgan fingerprint density at radius 1 is 1.38 bits per heavy atom. The fourth-order valence-electron chi connectivity index (χ4n) is 1.24. The van der Waals surface area contributed by atoms with Gasteiger partial charge in [-0.25, -0.2) is 8.78 Å². The van der Waals surface area contributed by atoms with Crippen molar-refractivity contribution >= 4 is 0 Å². The van der Waals surface area contributed by atoms with Gasteiger partial charge in [-0.1, -0.05) is 6.92 Å². The molecule has 1 rings (SSSR count). The summed E-state index contributed by atoms with van der Waals surface area (Å²) in [5, 5.41) is 2.94. The Hall–Kier alpha value is -1.03. The van der Waals surface area contributed by atoms with Crippen molar-refractivity contribution in [1.29, 1.82) is 0 Å². The molecule has 1 aromatic rings. The molecule has 2 nitrogen and oxygen atoms in total. The number of halogens is 2. The van der Waals surface area contributed by atoms with Gasteiger partial charge in [-0.2, -0.15) is 0 Å². The minimum atomic E-state index is -0.603. The van der Waals surface area contributed by atoms with Gasteiger partial charge in [0.1, 0.15) is 11.6 Å². The van der Waals surface area contributed by atoms with Crippen LogP contribution in [0.25, 0.3) is 0 Å². The van der Waals surface area contributed by atoms with Crippen molar-refractivity contribution < 1.29 is 8.78 Å². The highest BCUT2D eigenvalue weighted by atomic mass is 19.1. The van der Waals surface area contributed by atoms with Gasteiger partial charge in [0.25, 0.3) is 0 Å². The van der Waals surface area contributed by atoms with Crippen molar-refractivity contribution in [2.45, 2.75) is 19.9 Å². The van der Waals surface area contributed by atoms with Crippen LogP contribution in [0.3, 0.4) is 0 Å². The summed E-state index contributed by atoms with van der Waals surface area (Å²) in [5.74, 6) is -1.21. The molecular formula is C9H12F2N2. The van der Waals surface area contributed by atoms with Gasteiger partial charge in [-0.15, -0.1) is 0 Å². The molecule has 0 saturated carbocycles. The molecule has 1 N–H and O–H groups in total. The van der Waals surface area contributed by atoms with Gasteiger partial charge in [0, 0.05) is 11.6 Å². The monoisotopic (exact) mass is 186 g/mol. The molecule has 0 aromatic carbocycles. The van der Waals surface area contributed by atoms with Crippen LogP contribution >= 0.6 is 0 Å². The van der Waals surface area contributed by atoms with Gasteiger partial charge in [-0.05, 0) is 13.5 Å². The molecule has 1 heterocycles. The third-order valence-corrected chi connectivity index (χ3v) is 1.83. The van der Waals surface area contributed by atoms with Crippen molar-refractivity contribution in [3.05, 3.63) is 29.6 Å². The third-order valence-electron chi connectivity index (χ3n) is 1.83. The predicted molar refractivity (Wildman–Crippen MR) is 46.2 cm³/mol. The van der Waals surface area contributed by atoms with Crippen LogP contribution in [0.15, 0.2) is 12.4 Å². The van der Waals surface area contributed by atoms with Crippen LogP contribution in [0.1, 0.15) is 25.5 Å². The number of nitrogens with zero attached hydrogens (tertiary/aromatic N) is 1. The number of hydrogen-bond acceptors (Lipinski definition) is 2. The standard InChI is InChI=1S/C9H12F2N2/c1-3-13-6(2)9-7(10)4-12-5-8(9)11/h4-6,13H,3H2,1-2H3. The maximum Gasteiger partial charge on any atom is 0.149 e. The smallest absolute Gasteiger partial charge is 0.149 e. The summed E-state index contributed by atoms with van der Waals surface area (Å²) < 4.78 is 26.2. The Balaban J connectivity index is 2.98. The minimum absolute atomic E-state index is 0.0526. The van der Waals surface area contributed by atoms with Crippen molar-refractivity contribution in [3.8, 4) is 0 Å². The zero-order valence-corrected chi connectivity index (χ0v) is 7.64. The molecule has 0 radical (unpaired) electrons. The molecule has 1 aromatic heterocycles. The summed E-state index contributed by atoms with van der Waals surface area (Å²) in [5.41, 5.74) is 0.0526. The van der Waals surface area contributed by atoms with Crippen molar-refractivity contribution in [3.63, 3.8) is 0 Å². The van der Waals surface area contributed by atoms with Gasteiger partial charge in [0.15, 0.2) is 0 Å². The first kappa shape index (κ1) is 10.1. The van der Waals surface area contributed by atoms with E-state index in [1.54, 1.807) is 6.92 Å². The molecule has 13 heavy (non-hydrogen) atoms. The second-order valence-electron chi connectivity index (χ2n) is 2.80. The topological polar surface area (TPSA) is 24.9 Å². The summed E-state index contributed by atoms with van der Waals surface area (Å²) in [6, 6.07) is -0.326. The van der Waals surface area contributed by atoms with E-state index in [1.165, 1.54) is 0 Å². The Bertz CT molecular complexity index is 269. The Morgan fingerprint density at radius 2 is 1.92 bits per heavy atom. The normalized spacial score (nSPS) is 12.9. The molecule has 1 unspecified atom stereocenters. The molecule has 0 fully saturated rings. The zero-order chi connectivity index (χ0) is 9.84. The lowest BCUT2D eigenvalue weighted by Crippen LogP contribution is -2.20. The Kier molecular flexibility index (Phi) is 3.31. The predicted octanol–water partition coefficient (Wildman–Crippen LogP) is 2.03. The highest BCUT2D eigenvalue weighted by Gasteiger charge is 2.14. The number of hydrogen-bond donors (Lipinski definition) is 1. The first-order valence-electron chi connectivity index (χ1n) is 4.19. The zero-order valence-electron chi connectivity index (χ0n) is 7.64. The Labute approximate surface area is 76.0 Å². The summed E-state index contributed by atoms with van der Waals surface area (Å²) in [6.45, 7) is 4.26. The third kappa shape index (κ3) is 2.21. The van der Waals surface area contributed by atoms with Gasteiger partial charge >= 0.3 is 0 Å². The maximum atomic E-state index is 13.1. The van der Waals surface area contributed by atoms with Crippen molar-refractivity contribution in [2.24, 2.45) is 0 Å². The summed E-state index contributed by atoms with van der Waals surface area (Å²) >= 11 is 0. The van der Waals surface area contributed by atoms with Crippen LogP contribution in [-0.2, 0) is 0 Å². The molecule has 0 aliphatic rings. The molecule has 0 saturated heterocycles. The van der Waals surface area contributed by atoms with Gasteiger partial charge < -0.3 is 5.32 Å². The lowest BCUT2D eigenvalue weighted by Gasteiger charge is -2.13. The number of pyridine rings is 1. The van der Waals surface area contributed by atoms with E-state index in [9.17, 15) is 8.78 Å². The van der Waals surface area contributed by atoms with Gasteiger partial charge in [0.05, 0.1) is 12.4 Å².